The number of hydrogen-bond acceptors (Lipinski definition) is 2. The molecule has 0 unspecified atom stereocenters. The maximum atomic E-state index is 2.51. The zero-order chi connectivity index (χ0) is 36.3. The predicted molar refractivity (Wildman–Crippen MR) is 237 cm³/mol. The first-order chi connectivity index (χ1) is 27.3. The van der Waals surface area contributed by atoms with Crippen LogP contribution in [-0.2, 0) is 0 Å². The molecule has 0 saturated carbocycles. The van der Waals surface area contributed by atoms with Gasteiger partial charge in [0.15, 0.2) is 0 Å². The molecule has 2 heterocycles. The molecule has 0 saturated heterocycles. The molecule has 0 N–H and O–H groups in total. The van der Waals surface area contributed by atoms with Crippen molar-refractivity contribution in [2.75, 3.05) is 4.90 Å². The van der Waals surface area contributed by atoms with E-state index in [9.17, 15) is 0 Å². The number of nitrogens with zero attached hydrogens (tertiary/aromatic N) is 2. The van der Waals surface area contributed by atoms with Crippen LogP contribution in [0.4, 0.5) is 17.1 Å². The van der Waals surface area contributed by atoms with Crippen LogP contribution in [0.25, 0.3) is 80.7 Å². The number of aromatic nitrogens is 1. The van der Waals surface area contributed by atoms with Crippen LogP contribution in [-0.4, -0.2) is 4.57 Å². The molecule has 0 radical (unpaired) electrons. The van der Waals surface area contributed by atoms with Crippen molar-refractivity contribution in [2.45, 2.75) is 0 Å². The quantitative estimate of drug-likeness (QED) is 0.166. The van der Waals surface area contributed by atoms with E-state index in [-0.39, 0.29) is 0 Å². The molecule has 0 aliphatic heterocycles. The van der Waals surface area contributed by atoms with E-state index in [0.717, 1.165) is 22.7 Å². The fourth-order valence-corrected chi connectivity index (χ4v) is 9.78. The molecule has 9 aromatic carbocycles. The lowest BCUT2D eigenvalue weighted by Gasteiger charge is -2.30. The highest BCUT2D eigenvalue weighted by Crippen LogP contribution is 2.50. The Hall–Kier alpha value is -6.94. The molecule has 0 fully saturated rings. The monoisotopic (exact) mass is 718 g/mol. The second-order valence-corrected chi connectivity index (χ2v) is 15.1. The molecule has 55 heavy (non-hydrogen) atoms. The molecule has 3 heteroatoms. The number of rotatable bonds is 6. The number of benzene rings is 9. The fraction of sp³-hybridized carbons (Fsp3) is 0. The van der Waals surface area contributed by atoms with Crippen LogP contribution in [0.5, 0.6) is 0 Å². The molecule has 0 aliphatic rings. The fourth-order valence-electron chi connectivity index (χ4n) is 8.57. The summed E-state index contributed by atoms with van der Waals surface area (Å²) in [6.07, 6.45) is 0. The Balaban J connectivity index is 1.22. The Labute approximate surface area is 323 Å². The van der Waals surface area contributed by atoms with Crippen molar-refractivity contribution >= 4 is 81.1 Å². The number of hydrogen-bond donors (Lipinski definition) is 0. The van der Waals surface area contributed by atoms with Crippen molar-refractivity contribution < 1.29 is 0 Å². The van der Waals surface area contributed by atoms with Crippen LogP contribution >= 0.6 is 11.3 Å². The Morgan fingerprint density at radius 3 is 1.67 bits per heavy atom. The molecule has 0 aliphatic carbocycles. The number of anilines is 3. The highest BCUT2D eigenvalue weighted by atomic mass is 32.1. The molecule has 11 aromatic rings. The summed E-state index contributed by atoms with van der Waals surface area (Å²) < 4.78 is 4.99. The largest absolute Gasteiger partial charge is 0.309 e. The van der Waals surface area contributed by atoms with Crippen LogP contribution in [0.15, 0.2) is 206 Å². The van der Waals surface area contributed by atoms with Gasteiger partial charge in [-0.15, -0.1) is 11.3 Å². The van der Waals surface area contributed by atoms with Gasteiger partial charge < -0.3 is 9.47 Å². The van der Waals surface area contributed by atoms with E-state index < -0.39 is 0 Å². The van der Waals surface area contributed by atoms with Crippen LogP contribution in [0.2, 0.25) is 0 Å². The minimum Gasteiger partial charge on any atom is -0.309 e. The lowest BCUT2D eigenvalue weighted by molar-refractivity contribution is 1.19. The third kappa shape index (κ3) is 5.09. The van der Waals surface area contributed by atoms with Gasteiger partial charge >= 0.3 is 0 Å². The summed E-state index contributed by atoms with van der Waals surface area (Å²) in [6, 6.07) is 75.3. The van der Waals surface area contributed by atoms with Gasteiger partial charge in [-0.1, -0.05) is 158 Å². The van der Waals surface area contributed by atoms with Gasteiger partial charge in [0.25, 0.3) is 0 Å². The van der Waals surface area contributed by atoms with Crippen LogP contribution in [0.3, 0.4) is 0 Å². The predicted octanol–water partition coefficient (Wildman–Crippen LogP) is 15.1. The van der Waals surface area contributed by atoms with Gasteiger partial charge in [0.2, 0.25) is 0 Å². The minimum absolute atomic E-state index is 1.13. The lowest BCUT2D eigenvalue weighted by atomic mass is 9.94. The van der Waals surface area contributed by atoms with Crippen molar-refractivity contribution in [2.24, 2.45) is 0 Å². The Kier molecular flexibility index (Phi) is 7.39. The first kappa shape index (κ1) is 31.6. The van der Waals surface area contributed by atoms with Crippen molar-refractivity contribution in [3.8, 4) is 27.9 Å². The van der Waals surface area contributed by atoms with Gasteiger partial charge in [-0.2, -0.15) is 0 Å². The van der Waals surface area contributed by atoms with E-state index in [0.29, 0.717) is 0 Å². The summed E-state index contributed by atoms with van der Waals surface area (Å²) in [5, 5.41) is 7.50. The first-order valence-electron chi connectivity index (χ1n) is 18.8. The molecule has 0 spiro atoms. The molecule has 0 atom stereocenters. The summed E-state index contributed by atoms with van der Waals surface area (Å²) in [6.45, 7) is 0. The maximum Gasteiger partial charge on any atom is 0.0640 e. The number of thiophene rings is 1. The summed E-state index contributed by atoms with van der Waals surface area (Å²) >= 11 is 1.87. The highest BCUT2D eigenvalue weighted by Gasteiger charge is 2.24. The summed E-state index contributed by atoms with van der Waals surface area (Å²) in [5.41, 5.74) is 11.7. The van der Waals surface area contributed by atoms with E-state index in [1.165, 1.54) is 75.0 Å². The average molecular weight is 719 g/mol. The van der Waals surface area contributed by atoms with E-state index in [4.69, 9.17) is 0 Å². The zero-order valence-electron chi connectivity index (χ0n) is 29.9. The summed E-state index contributed by atoms with van der Waals surface area (Å²) in [5.74, 6) is 0. The standard InChI is InChI=1S/C52H34N2S/c1-2-17-35(18-3-1)39-21-6-11-27-46(39)54(50-31-16-26-44-43-25-10-15-32-51(43)55-52(44)50)49-30-14-9-24-42(49)45-34-37(33-36-19-4-5-20-38(36)45)53-47-28-12-7-22-40(47)41-23-8-13-29-48(41)53/h1-34H. The van der Waals surface area contributed by atoms with Crippen molar-refractivity contribution in [1.29, 1.82) is 0 Å². The Bertz CT molecular complexity index is 3170. The van der Waals surface area contributed by atoms with Crippen LogP contribution in [0, 0.1) is 0 Å². The summed E-state index contributed by atoms with van der Waals surface area (Å²) in [7, 11) is 0. The van der Waals surface area contributed by atoms with Gasteiger partial charge in [-0.25, -0.2) is 0 Å². The van der Waals surface area contributed by atoms with Gasteiger partial charge in [0, 0.05) is 43.1 Å². The highest BCUT2D eigenvalue weighted by molar-refractivity contribution is 7.26. The zero-order valence-corrected chi connectivity index (χ0v) is 30.7. The minimum atomic E-state index is 1.13. The molecule has 2 aromatic heterocycles. The van der Waals surface area contributed by atoms with Crippen molar-refractivity contribution in [3.63, 3.8) is 0 Å². The van der Waals surface area contributed by atoms with E-state index in [1.807, 2.05) is 11.3 Å². The van der Waals surface area contributed by atoms with Crippen molar-refractivity contribution in [3.05, 3.63) is 206 Å². The molecular weight excluding hydrogens is 685 g/mol. The van der Waals surface area contributed by atoms with Crippen LogP contribution in [0.1, 0.15) is 0 Å². The smallest absolute Gasteiger partial charge is 0.0640 e. The molecule has 11 rings (SSSR count). The third-order valence-electron chi connectivity index (χ3n) is 11.0. The van der Waals surface area contributed by atoms with Gasteiger partial charge in [0.05, 0.1) is 32.8 Å². The third-order valence-corrected chi connectivity index (χ3v) is 12.2. The Morgan fingerprint density at radius 1 is 0.364 bits per heavy atom. The van der Waals surface area contributed by atoms with Crippen LogP contribution < -0.4 is 4.90 Å². The maximum absolute atomic E-state index is 2.51. The number of fused-ring (bicyclic) bond motifs is 7. The molecule has 0 bridgehead atoms. The summed E-state index contributed by atoms with van der Waals surface area (Å²) in [4.78, 5) is 2.51. The molecule has 2 nitrogen and oxygen atoms in total. The normalized spacial score (nSPS) is 11.6. The lowest BCUT2D eigenvalue weighted by Crippen LogP contribution is -2.12. The van der Waals surface area contributed by atoms with Gasteiger partial charge in [-0.3, -0.25) is 0 Å². The van der Waals surface area contributed by atoms with Crippen molar-refractivity contribution in [1.82, 2.24) is 4.57 Å². The topological polar surface area (TPSA) is 8.17 Å². The SMILES string of the molecule is c1ccc(-c2ccccc2N(c2ccccc2-c2cc(-n3c4ccccc4c4ccccc43)cc3ccccc23)c2cccc3c2sc2ccccc23)cc1. The van der Waals surface area contributed by atoms with Gasteiger partial charge in [-0.05, 0) is 70.4 Å². The average Bonchev–Trinajstić information content (AvgIpc) is 3.81. The second kappa shape index (κ2) is 12.9. The molecular formula is C52H34N2S. The molecule has 0 amide bonds. The first-order valence-corrected chi connectivity index (χ1v) is 19.6. The Morgan fingerprint density at radius 2 is 0.909 bits per heavy atom. The van der Waals surface area contributed by atoms with E-state index in [1.54, 1.807) is 0 Å². The molecule has 258 valence electrons. The van der Waals surface area contributed by atoms with E-state index >= 15 is 0 Å². The second-order valence-electron chi connectivity index (χ2n) is 14.1. The number of para-hydroxylation sites is 4. The van der Waals surface area contributed by atoms with Gasteiger partial charge in [0.1, 0.15) is 0 Å². The van der Waals surface area contributed by atoms with E-state index in [2.05, 4.69) is 216 Å².